The number of carbonyl (C=O) groups is 1. The molecule has 4 nitrogen and oxygen atoms in total. The van der Waals surface area contributed by atoms with E-state index in [9.17, 15) is 4.79 Å². The number of rotatable bonds is 4. The molecule has 5 heteroatoms. The molecule has 0 aliphatic rings. The summed E-state index contributed by atoms with van der Waals surface area (Å²) in [6.07, 6.45) is 0. The van der Waals surface area contributed by atoms with Gasteiger partial charge in [-0.2, -0.15) is 0 Å². The Kier molecular flexibility index (Phi) is 4.96. The Balaban J connectivity index is 2.44. The first-order chi connectivity index (χ1) is 7.93. The van der Waals surface area contributed by atoms with E-state index in [2.05, 4.69) is 26.6 Å². The minimum absolute atomic E-state index is 0.0999. The van der Waals surface area contributed by atoms with Crippen LogP contribution in [-0.2, 0) is 6.54 Å². The summed E-state index contributed by atoms with van der Waals surface area (Å²) in [7, 11) is 0. The smallest absolute Gasteiger partial charge is 0.315 e. The fourth-order valence-electron chi connectivity index (χ4n) is 1.22. The van der Waals surface area contributed by atoms with E-state index >= 15 is 0 Å². The van der Waals surface area contributed by atoms with Gasteiger partial charge in [-0.25, -0.2) is 4.79 Å². The third-order valence-electron chi connectivity index (χ3n) is 2.19. The van der Waals surface area contributed by atoms with Crippen LogP contribution < -0.4 is 10.6 Å². The first-order valence-electron chi connectivity index (χ1n) is 5.34. The first-order valence-corrected chi connectivity index (χ1v) is 6.13. The van der Waals surface area contributed by atoms with Gasteiger partial charge in [0.05, 0.1) is 12.1 Å². The number of aliphatic hydroxyl groups is 1. The molecule has 0 spiro atoms. The van der Waals surface area contributed by atoms with Crippen LogP contribution in [0.2, 0.25) is 0 Å². The van der Waals surface area contributed by atoms with E-state index in [4.69, 9.17) is 5.11 Å². The molecule has 1 aromatic rings. The minimum atomic E-state index is -0.610. The molecular weight excluding hydrogens is 284 g/mol. The van der Waals surface area contributed by atoms with Crippen LogP contribution in [0.15, 0.2) is 28.7 Å². The van der Waals surface area contributed by atoms with Crippen molar-refractivity contribution in [1.82, 2.24) is 10.6 Å². The van der Waals surface area contributed by atoms with Crippen LogP contribution in [-0.4, -0.2) is 23.3 Å². The van der Waals surface area contributed by atoms with Crippen LogP contribution in [0.3, 0.4) is 0 Å². The fourth-order valence-corrected chi connectivity index (χ4v) is 1.67. The fraction of sp³-hybridized carbons (Fsp3) is 0.417. The van der Waals surface area contributed by atoms with Crippen LogP contribution in [0.5, 0.6) is 0 Å². The summed E-state index contributed by atoms with van der Waals surface area (Å²) >= 11 is 3.37. The number of carbonyl (C=O) groups excluding carboxylic acids is 1. The van der Waals surface area contributed by atoms with Gasteiger partial charge in [0.2, 0.25) is 0 Å². The molecular formula is C12H17BrN2O2. The SMILES string of the molecule is CC(C)(CO)NC(=O)NCc1cccc(Br)c1. The van der Waals surface area contributed by atoms with Crippen LogP contribution in [0.25, 0.3) is 0 Å². The molecule has 17 heavy (non-hydrogen) atoms. The largest absolute Gasteiger partial charge is 0.394 e. The third kappa shape index (κ3) is 5.19. The molecule has 0 fully saturated rings. The van der Waals surface area contributed by atoms with Gasteiger partial charge >= 0.3 is 6.03 Å². The Morgan fingerprint density at radius 1 is 1.47 bits per heavy atom. The van der Waals surface area contributed by atoms with Gasteiger partial charge in [0, 0.05) is 11.0 Å². The number of nitrogens with one attached hydrogen (secondary N) is 2. The molecule has 3 N–H and O–H groups in total. The standard InChI is InChI=1S/C12H17BrN2O2/c1-12(2,8-16)15-11(17)14-7-9-4-3-5-10(13)6-9/h3-6,16H,7-8H2,1-2H3,(H2,14,15,17). The van der Waals surface area contributed by atoms with E-state index in [1.165, 1.54) is 0 Å². The molecule has 0 bridgehead atoms. The molecule has 0 aliphatic heterocycles. The summed E-state index contributed by atoms with van der Waals surface area (Å²) in [5.41, 5.74) is 0.401. The Morgan fingerprint density at radius 2 is 2.18 bits per heavy atom. The maximum Gasteiger partial charge on any atom is 0.315 e. The monoisotopic (exact) mass is 300 g/mol. The first kappa shape index (κ1) is 14.0. The lowest BCUT2D eigenvalue weighted by Crippen LogP contribution is -2.50. The number of hydrogen-bond acceptors (Lipinski definition) is 2. The van der Waals surface area contributed by atoms with Gasteiger partial charge < -0.3 is 15.7 Å². The van der Waals surface area contributed by atoms with Crippen molar-refractivity contribution in [3.63, 3.8) is 0 Å². The van der Waals surface area contributed by atoms with Crippen molar-refractivity contribution >= 4 is 22.0 Å². The summed E-state index contributed by atoms with van der Waals surface area (Å²) < 4.78 is 0.980. The van der Waals surface area contributed by atoms with Gasteiger partial charge in [0.25, 0.3) is 0 Å². The van der Waals surface area contributed by atoms with Crippen LogP contribution >= 0.6 is 15.9 Å². The topological polar surface area (TPSA) is 61.4 Å². The minimum Gasteiger partial charge on any atom is -0.394 e. The highest BCUT2D eigenvalue weighted by molar-refractivity contribution is 9.10. The van der Waals surface area contributed by atoms with Crippen molar-refractivity contribution in [2.45, 2.75) is 25.9 Å². The molecule has 0 unspecified atom stereocenters. The van der Waals surface area contributed by atoms with Gasteiger partial charge in [0.15, 0.2) is 0 Å². The second-order valence-electron chi connectivity index (χ2n) is 4.48. The lowest BCUT2D eigenvalue weighted by molar-refractivity contribution is 0.182. The zero-order valence-corrected chi connectivity index (χ0v) is 11.5. The maximum atomic E-state index is 11.5. The second kappa shape index (κ2) is 6.02. The Bertz CT molecular complexity index is 394. The van der Waals surface area contributed by atoms with Crippen molar-refractivity contribution in [1.29, 1.82) is 0 Å². The summed E-state index contributed by atoms with van der Waals surface area (Å²) in [5, 5.41) is 14.4. The van der Waals surface area contributed by atoms with E-state index in [1.54, 1.807) is 13.8 Å². The predicted molar refractivity (Wildman–Crippen MR) is 70.7 cm³/mol. The van der Waals surface area contributed by atoms with Crippen molar-refractivity contribution in [3.8, 4) is 0 Å². The van der Waals surface area contributed by atoms with Gasteiger partial charge in [-0.3, -0.25) is 0 Å². The zero-order valence-electron chi connectivity index (χ0n) is 9.96. The maximum absolute atomic E-state index is 11.5. The predicted octanol–water partition coefficient (Wildman–Crippen LogP) is 2.02. The molecule has 0 saturated carbocycles. The zero-order chi connectivity index (χ0) is 12.9. The highest BCUT2D eigenvalue weighted by Crippen LogP contribution is 2.11. The highest BCUT2D eigenvalue weighted by Gasteiger charge is 2.18. The van der Waals surface area contributed by atoms with E-state index in [0.717, 1.165) is 10.0 Å². The van der Waals surface area contributed by atoms with E-state index < -0.39 is 5.54 Å². The van der Waals surface area contributed by atoms with Crippen molar-refractivity contribution in [3.05, 3.63) is 34.3 Å². The van der Waals surface area contributed by atoms with Crippen molar-refractivity contribution in [2.75, 3.05) is 6.61 Å². The Hall–Kier alpha value is -1.07. The number of aliphatic hydroxyl groups excluding tert-OH is 1. The molecule has 0 atom stereocenters. The summed E-state index contributed by atoms with van der Waals surface area (Å²) in [4.78, 5) is 11.5. The van der Waals surface area contributed by atoms with Gasteiger partial charge in [0.1, 0.15) is 0 Å². The van der Waals surface area contributed by atoms with Crippen molar-refractivity contribution < 1.29 is 9.90 Å². The number of benzene rings is 1. The molecule has 0 saturated heterocycles. The third-order valence-corrected chi connectivity index (χ3v) is 2.68. The van der Waals surface area contributed by atoms with Crippen LogP contribution in [0.1, 0.15) is 19.4 Å². The molecule has 0 aliphatic carbocycles. The van der Waals surface area contributed by atoms with Gasteiger partial charge in [-0.05, 0) is 31.5 Å². The number of halogens is 1. The molecule has 0 heterocycles. The van der Waals surface area contributed by atoms with E-state index in [-0.39, 0.29) is 12.6 Å². The van der Waals surface area contributed by atoms with E-state index in [0.29, 0.717) is 6.54 Å². The normalized spacial score (nSPS) is 11.1. The molecule has 0 radical (unpaired) electrons. The quantitative estimate of drug-likeness (QED) is 0.797. The van der Waals surface area contributed by atoms with E-state index in [1.807, 2.05) is 24.3 Å². The average Bonchev–Trinajstić information content (AvgIpc) is 2.26. The van der Waals surface area contributed by atoms with Crippen LogP contribution in [0.4, 0.5) is 4.79 Å². The molecule has 0 aromatic heterocycles. The summed E-state index contributed by atoms with van der Waals surface area (Å²) in [6.45, 7) is 3.86. The number of amides is 2. The Labute approximate surface area is 110 Å². The second-order valence-corrected chi connectivity index (χ2v) is 5.40. The molecule has 1 rings (SSSR count). The number of urea groups is 1. The number of hydrogen-bond donors (Lipinski definition) is 3. The average molecular weight is 301 g/mol. The lowest BCUT2D eigenvalue weighted by atomic mass is 10.1. The Morgan fingerprint density at radius 3 is 2.76 bits per heavy atom. The molecule has 2 amide bonds. The highest BCUT2D eigenvalue weighted by atomic mass is 79.9. The van der Waals surface area contributed by atoms with Gasteiger partial charge in [-0.1, -0.05) is 28.1 Å². The van der Waals surface area contributed by atoms with Crippen molar-refractivity contribution in [2.24, 2.45) is 0 Å². The lowest BCUT2D eigenvalue weighted by Gasteiger charge is -2.23. The summed E-state index contributed by atoms with van der Waals surface area (Å²) in [5.74, 6) is 0. The van der Waals surface area contributed by atoms with Gasteiger partial charge in [-0.15, -0.1) is 0 Å². The molecule has 1 aromatic carbocycles. The molecule has 94 valence electrons. The van der Waals surface area contributed by atoms with Crippen LogP contribution in [0, 0.1) is 0 Å². The summed E-state index contributed by atoms with van der Waals surface area (Å²) in [6, 6.07) is 7.43.